The molecular formula is C16H19F3N2O2S. The van der Waals surface area contributed by atoms with Gasteiger partial charge in [-0.15, -0.1) is 0 Å². The molecule has 0 aliphatic rings. The molecule has 0 saturated heterocycles. The van der Waals surface area contributed by atoms with Gasteiger partial charge in [0.05, 0.1) is 16.6 Å². The average Bonchev–Trinajstić information content (AvgIpc) is 2.98. The van der Waals surface area contributed by atoms with E-state index in [2.05, 4.69) is 17.1 Å². The van der Waals surface area contributed by atoms with Crippen LogP contribution < -0.4 is 0 Å². The van der Waals surface area contributed by atoms with Gasteiger partial charge in [-0.3, -0.25) is 4.21 Å². The quantitative estimate of drug-likeness (QED) is 0.732. The SMILES string of the molecule is CCCCc1nc(CS(=O)C(C)c2ccc(C(F)(F)F)cc2)no1. The third-order valence-electron chi connectivity index (χ3n) is 3.63. The number of aromatic nitrogens is 2. The molecule has 0 spiro atoms. The zero-order chi connectivity index (χ0) is 17.7. The van der Waals surface area contributed by atoms with E-state index in [1.54, 1.807) is 6.92 Å². The minimum absolute atomic E-state index is 0.109. The molecular weight excluding hydrogens is 341 g/mol. The normalized spacial score (nSPS) is 14.5. The van der Waals surface area contributed by atoms with E-state index in [9.17, 15) is 17.4 Å². The largest absolute Gasteiger partial charge is 0.416 e. The van der Waals surface area contributed by atoms with Crippen LogP contribution in [0.4, 0.5) is 13.2 Å². The molecule has 1 aromatic heterocycles. The Morgan fingerprint density at radius 1 is 1.25 bits per heavy atom. The minimum atomic E-state index is -4.37. The molecule has 0 saturated carbocycles. The number of unbranched alkanes of at least 4 members (excludes halogenated alkanes) is 1. The molecule has 24 heavy (non-hydrogen) atoms. The van der Waals surface area contributed by atoms with E-state index in [0.717, 1.165) is 25.0 Å². The van der Waals surface area contributed by atoms with Gasteiger partial charge in [-0.1, -0.05) is 30.6 Å². The molecule has 2 rings (SSSR count). The lowest BCUT2D eigenvalue weighted by Gasteiger charge is -2.12. The fourth-order valence-corrected chi connectivity index (χ4v) is 3.21. The summed E-state index contributed by atoms with van der Waals surface area (Å²) in [5.41, 5.74) is -0.140. The van der Waals surface area contributed by atoms with E-state index in [0.29, 0.717) is 23.7 Å². The lowest BCUT2D eigenvalue weighted by Crippen LogP contribution is -2.08. The Morgan fingerprint density at radius 2 is 1.92 bits per heavy atom. The molecule has 8 heteroatoms. The third kappa shape index (κ3) is 4.90. The van der Waals surface area contributed by atoms with Crippen molar-refractivity contribution in [3.05, 3.63) is 47.1 Å². The van der Waals surface area contributed by atoms with Gasteiger partial charge in [0, 0.05) is 17.2 Å². The maximum atomic E-state index is 12.6. The minimum Gasteiger partial charge on any atom is -0.339 e. The van der Waals surface area contributed by atoms with Crippen molar-refractivity contribution >= 4 is 10.8 Å². The van der Waals surface area contributed by atoms with E-state index in [1.807, 2.05) is 0 Å². The van der Waals surface area contributed by atoms with E-state index < -0.39 is 27.8 Å². The highest BCUT2D eigenvalue weighted by Crippen LogP contribution is 2.31. The number of rotatable bonds is 7. The van der Waals surface area contributed by atoms with Gasteiger partial charge in [0.2, 0.25) is 5.89 Å². The summed E-state index contributed by atoms with van der Waals surface area (Å²) >= 11 is 0. The van der Waals surface area contributed by atoms with Gasteiger partial charge in [0.15, 0.2) is 5.82 Å². The van der Waals surface area contributed by atoms with E-state index in [-0.39, 0.29) is 5.75 Å². The molecule has 0 amide bonds. The number of hydrogen-bond acceptors (Lipinski definition) is 4. The zero-order valence-electron chi connectivity index (χ0n) is 13.5. The van der Waals surface area contributed by atoms with Crippen LogP contribution in [0, 0.1) is 0 Å². The first-order valence-electron chi connectivity index (χ1n) is 7.67. The lowest BCUT2D eigenvalue weighted by molar-refractivity contribution is -0.137. The average molecular weight is 360 g/mol. The van der Waals surface area contributed by atoms with Crippen molar-refractivity contribution < 1.29 is 21.9 Å². The van der Waals surface area contributed by atoms with Gasteiger partial charge >= 0.3 is 6.18 Å². The predicted octanol–water partition coefficient (Wildman–Crippen LogP) is 4.44. The van der Waals surface area contributed by atoms with Gasteiger partial charge < -0.3 is 4.52 Å². The molecule has 0 aliphatic carbocycles. The Bertz CT molecular complexity index is 683. The zero-order valence-corrected chi connectivity index (χ0v) is 14.3. The fraction of sp³-hybridized carbons (Fsp3) is 0.500. The van der Waals surface area contributed by atoms with Crippen LogP contribution in [0.25, 0.3) is 0 Å². The molecule has 0 N–H and O–H groups in total. The Balaban J connectivity index is 2.00. The van der Waals surface area contributed by atoms with E-state index in [1.165, 1.54) is 12.1 Å². The Hall–Kier alpha value is -1.70. The van der Waals surface area contributed by atoms with Crippen LogP contribution >= 0.6 is 0 Å². The Morgan fingerprint density at radius 3 is 2.50 bits per heavy atom. The number of halogens is 3. The molecule has 0 aliphatic heterocycles. The summed E-state index contributed by atoms with van der Waals surface area (Å²) in [6.07, 6.45) is -1.74. The van der Waals surface area contributed by atoms with Crippen molar-refractivity contribution in [1.29, 1.82) is 0 Å². The number of aryl methyl sites for hydroxylation is 1. The van der Waals surface area contributed by atoms with Crippen LogP contribution in [0.15, 0.2) is 28.8 Å². The predicted molar refractivity (Wildman–Crippen MR) is 84.6 cm³/mol. The molecule has 0 fully saturated rings. The number of benzene rings is 1. The maximum Gasteiger partial charge on any atom is 0.416 e. The van der Waals surface area contributed by atoms with Crippen LogP contribution in [0.1, 0.15) is 54.8 Å². The van der Waals surface area contributed by atoms with Gasteiger partial charge in [-0.25, -0.2) is 0 Å². The van der Waals surface area contributed by atoms with E-state index >= 15 is 0 Å². The van der Waals surface area contributed by atoms with Crippen LogP contribution in [-0.4, -0.2) is 14.3 Å². The summed E-state index contributed by atoms with van der Waals surface area (Å²) in [5, 5.41) is 3.38. The van der Waals surface area contributed by atoms with Crippen LogP contribution in [-0.2, 0) is 29.1 Å². The van der Waals surface area contributed by atoms with Gasteiger partial charge in [0.25, 0.3) is 0 Å². The molecule has 132 valence electrons. The summed E-state index contributed by atoms with van der Waals surface area (Å²) in [5.74, 6) is 0.988. The van der Waals surface area contributed by atoms with Crippen LogP contribution in [0.2, 0.25) is 0 Å². The first-order valence-corrected chi connectivity index (χ1v) is 9.05. The summed E-state index contributed by atoms with van der Waals surface area (Å²) in [6.45, 7) is 3.76. The van der Waals surface area contributed by atoms with Crippen molar-refractivity contribution in [3.63, 3.8) is 0 Å². The number of alkyl halides is 3. The van der Waals surface area contributed by atoms with Crippen molar-refractivity contribution in [2.45, 2.75) is 50.3 Å². The molecule has 0 radical (unpaired) electrons. The van der Waals surface area contributed by atoms with Crippen molar-refractivity contribution in [3.8, 4) is 0 Å². The van der Waals surface area contributed by atoms with Crippen molar-refractivity contribution in [2.24, 2.45) is 0 Å². The fourth-order valence-electron chi connectivity index (χ4n) is 2.13. The highest BCUT2D eigenvalue weighted by atomic mass is 32.2. The molecule has 2 atom stereocenters. The lowest BCUT2D eigenvalue weighted by atomic mass is 10.1. The van der Waals surface area contributed by atoms with Crippen molar-refractivity contribution in [1.82, 2.24) is 10.1 Å². The first-order chi connectivity index (χ1) is 11.3. The second-order valence-electron chi connectivity index (χ2n) is 5.49. The van der Waals surface area contributed by atoms with Crippen LogP contribution in [0.3, 0.4) is 0 Å². The van der Waals surface area contributed by atoms with E-state index in [4.69, 9.17) is 4.52 Å². The number of nitrogens with zero attached hydrogens (tertiary/aromatic N) is 2. The van der Waals surface area contributed by atoms with Gasteiger partial charge in [0.1, 0.15) is 0 Å². The third-order valence-corrected chi connectivity index (χ3v) is 5.23. The second-order valence-corrected chi connectivity index (χ2v) is 7.25. The maximum absolute atomic E-state index is 12.6. The highest BCUT2D eigenvalue weighted by molar-refractivity contribution is 7.84. The Kier molecular flexibility index (Phi) is 6.15. The van der Waals surface area contributed by atoms with Crippen molar-refractivity contribution in [2.75, 3.05) is 0 Å². The van der Waals surface area contributed by atoms with Gasteiger partial charge in [-0.05, 0) is 31.0 Å². The second kappa shape index (κ2) is 7.92. The highest BCUT2D eigenvalue weighted by Gasteiger charge is 2.30. The van der Waals surface area contributed by atoms with Crippen LogP contribution in [0.5, 0.6) is 0 Å². The number of hydrogen-bond donors (Lipinski definition) is 0. The topological polar surface area (TPSA) is 56.0 Å². The standard InChI is InChI=1S/C16H19F3N2O2S/c1-3-4-5-15-20-14(21-23-15)10-24(22)11(2)12-6-8-13(9-7-12)16(17,18)19/h6-9,11H,3-5,10H2,1-2H3. The molecule has 1 aromatic carbocycles. The first kappa shape index (κ1) is 18.6. The molecule has 4 nitrogen and oxygen atoms in total. The summed E-state index contributed by atoms with van der Waals surface area (Å²) in [6, 6.07) is 4.71. The molecule has 2 unspecified atom stereocenters. The summed E-state index contributed by atoms with van der Waals surface area (Å²) in [4.78, 5) is 4.19. The monoisotopic (exact) mass is 360 g/mol. The Labute approximate surface area is 140 Å². The molecule has 1 heterocycles. The smallest absolute Gasteiger partial charge is 0.339 e. The molecule has 0 bridgehead atoms. The summed E-state index contributed by atoms with van der Waals surface area (Å²) < 4.78 is 55.2. The van der Waals surface area contributed by atoms with Gasteiger partial charge in [-0.2, -0.15) is 18.2 Å². The summed E-state index contributed by atoms with van der Waals surface area (Å²) in [7, 11) is -1.35. The molecule has 2 aromatic rings.